The SMILES string of the molecule is COc1ncc(C23CCC(COS(=O)(=O)c4ccc(C)cc4)(CC2)CO3)cn1. The molecule has 2 aliphatic heterocycles. The molecule has 3 aliphatic rings. The number of rotatable bonds is 6. The van der Waals surface area contributed by atoms with E-state index in [0.29, 0.717) is 12.6 Å². The first-order valence-electron chi connectivity index (χ1n) is 9.33. The van der Waals surface area contributed by atoms with Gasteiger partial charge in [-0.3, -0.25) is 4.18 Å². The number of hydrogen-bond acceptors (Lipinski definition) is 7. The number of hydrogen-bond donors (Lipinski definition) is 0. The van der Waals surface area contributed by atoms with E-state index in [4.69, 9.17) is 13.7 Å². The maximum atomic E-state index is 12.5. The second-order valence-corrected chi connectivity index (χ2v) is 9.39. The van der Waals surface area contributed by atoms with Crippen molar-refractivity contribution in [2.45, 2.75) is 43.1 Å². The Balaban J connectivity index is 1.43. The summed E-state index contributed by atoms with van der Waals surface area (Å²) in [6.45, 7) is 2.51. The first-order valence-corrected chi connectivity index (χ1v) is 10.7. The molecule has 0 radical (unpaired) electrons. The maximum Gasteiger partial charge on any atom is 0.316 e. The summed E-state index contributed by atoms with van der Waals surface area (Å²) in [5.41, 5.74) is 1.27. The van der Waals surface area contributed by atoms with Crippen LogP contribution in [0.1, 0.15) is 36.8 Å². The highest BCUT2D eigenvalue weighted by Gasteiger charge is 2.51. The molecule has 0 N–H and O–H groups in total. The average molecular weight is 404 g/mol. The van der Waals surface area contributed by atoms with E-state index in [0.717, 1.165) is 36.8 Å². The van der Waals surface area contributed by atoms with Gasteiger partial charge in [-0.1, -0.05) is 17.7 Å². The molecule has 7 nitrogen and oxygen atoms in total. The van der Waals surface area contributed by atoms with Crippen LogP contribution in [0.3, 0.4) is 0 Å². The summed E-state index contributed by atoms with van der Waals surface area (Å²) < 4.78 is 41.7. The molecule has 2 bridgehead atoms. The normalized spacial score (nSPS) is 26.9. The molecule has 1 aliphatic carbocycles. The molecule has 1 saturated carbocycles. The molecule has 150 valence electrons. The van der Waals surface area contributed by atoms with Crippen molar-refractivity contribution in [3.8, 4) is 6.01 Å². The van der Waals surface area contributed by atoms with Crippen molar-refractivity contribution in [3.05, 3.63) is 47.8 Å². The van der Waals surface area contributed by atoms with Gasteiger partial charge in [-0.25, -0.2) is 9.97 Å². The number of ether oxygens (including phenoxy) is 2. The molecule has 28 heavy (non-hydrogen) atoms. The smallest absolute Gasteiger partial charge is 0.316 e. The van der Waals surface area contributed by atoms with Crippen molar-refractivity contribution < 1.29 is 22.1 Å². The predicted molar refractivity (Wildman–Crippen MR) is 101 cm³/mol. The molecule has 0 spiro atoms. The Hall–Kier alpha value is -2.03. The Morgan fingerprint density at radius 3 is 2.25 bits per heavy atom. The molecule has 5 rings (SSSR count). The third-order valence-electron chi connectivity index (χ3n) is 5.94. The molecule has 2 saturated heterocycles. The van der Waals surface area contributed by atoms with Gasteiger partial charge in [0.25, 0.3) is 10.1 Å². The van der Waals surface area contributed by atoms with E-state index in [1.807, 2.05) is 6.92 Å². The monoisotopic (exact) mass is 404 g/mol. The highest BCUT2D eigenvalue weighted by Crippen LogP contribution is 2.53. The van der Waals surface area contributed by atoms with Crippen molar-refractivity contribution in [2.75, 3.05) is 20.3 Å². The van der Waals surface area contributed by atoms with Crippen LogP contribution < -0.4 is 4.74 Å². The molecule has 0 unspecified atom stereocenters. The molecule has 3 heterocycles. The van der Waals surface area contributed by atoms with Gasteiger partial charge in [0.15, 0.2) is 0 Å². The summed E-state index contributed by atoms with van der Waals surface area (Å²) in [4.78, 5) is 8.57. The van der Waals surface area contributed by atoms with Gasteiger partial charge in [-0.2, -0.15) is 8.42 Å². The van der Waals surface area contributed by atoms with Crippen molar-refractivity contribution >= 4 is 10.1 Å². The van der Waals surface area contributed by atoms with Crippen LogP contribution in [0.15, 0.2) is 41.6 Å². The topological polar surface area (TPSA) is 87.6 Å². The minimum atomic E-state index is -3.77. The summed E-state index contributed by atoms with van der Waals surface area (Å²) in [7, 11) is -2.24. The Morgan fingerprint density at radius 1 is 1.07 bits per heavy atom. The number of fused-ring (bicyclic) bond motifs is 3. The van der Waals surface area contributed by atoms with Crippen LogP contribution in [0.5, 0.6) is 6.01 Å². The van der Waals surface area contributed by atoms with Gasteiger partial charge in [0.2, 0.25) is 0 Å². The van der Waals surface area contributed by atoms with Crippen molar-refractivity contribution in [1.82, 2.24) is 9.97 Å². The van der Waals surface area contributed by atoms with Gasteiger partial charge >= 0.3 is 6.01 Å². The number of benzene rings is 1. The van der Waals surface area contributed by atoms with Gasteiger partial charge in [-0.15, -0.1) is 0 Å². The van der Waals surface area contributed by atoms with Crippen LogP contribution in [-0.2, 0) is 24.6 Å². The molecule has 8 heteroatoms. The zero-order chi connectivity index (χ0) is 19.8. The van der Waals surface area contributed by atoms with Crippen molar-refractivity contribution in [2.24, 2.45) is 5.41 Å². The van der Waals surface area contributed by atoms with E-state index in [-0.39, 0.29) is 16.9 Å². The number of methoxy groups -OCH3 is 1. The lowest BCUT2D eigenvalue weighted by Crippen LogP contribution is -2.51. The Bertz CT molecular complexity index is 917. The minimum absolute atomic E-state index is 0.137. The van der Waals surface area contributed by atoms with Crippen LogP contribution >= 0.6 is 0 Å². The highest BCUT2D eigenvalue weighted by atomic mass is 32.2. The molecule has 1 aromatic heterocycles. The van der Waals surface area contributed by atoms with E-state index in [1.54, 1.807) is 36.7 Å². The third-order valence-corrected chi connectivity index (χ3v) is 7.22. The van der Waals surface area contributed by atoms with Gasteiger partial charge in [0.1, 0.15) is 0 Å². The fourth-order valence-corrected chi connectivity index (χ4v) is 4.97. The summed E-state index contributed by atoms with van der Waals surface area (Å²) in [5.74, 6) is 0. The summed E-state index contributed by atoms with van der Waals surface area (Å²) in [6.07, 6.45) is 6.75. The molecular formula is C20H24N2O5S. The molecule has 2 aromatic rings. The largest absolute Gasteiger partial charge is 0.467 e. The second kappa shape index (κ2) is 7.09. The Labute approximate surface area is 165 Å². The lowest BCUT2D eigenvalue weighted by Gasteiger charge is -2.52. The van der Waals surface area contributed by atoms with Crippen LogP contribution in [0, 0.1) is 12.3 Å². The quantitative estimate of drug-likeness (QED) is 0.684. The summed E-state index contributed by atoms with van der Waals surface area (Å²) in [6, 6.07) is 7.02. The lowest BCUT2D eigenvalue weighted by molar-refractivity contribution is -0.197. The minimum Gasteiger partial charge on any atom is -0.467 e. The van der Waals surface area contributed by atoms with E-state index in [9.17, 15) is 8.42 Å². The van der Waals surface area contributed by atoms with Gasteiger partial charge in [0, 0.05) is 23.4 Å². The third kappa shape index (κ3) is 3.52. The van der Waals surface area contributed by atoms with Gasteiger partial charge in [-0.05, 0) is 44.7 Å². The molecule has 0 amide bonds. The van der Waals surface area contributed by atoms with Crippen LogP contribution in [-0.4, -0.2) is 38.7 Å². The Kier molecular flexibility index (Phi) is 4.89. The molecular weight excluding hydrogens is 380 g/mol. The molecule has 1 aromatic carbocycles. The van der Waals surface area contributed by atoms with Gasteiger partial charge < -0.3 is 9.47 Å². The van der Waals surface area contributed by atoms with E-state index >= 15 is 0 Å². The highest BCUT2D eigenvalue weighted by molar-refractivity contribution is 7.86. The number of aryl methyl sites for hydroxylation is 1. The molecule has 3 fully saturated rings. The van der Waals surface area contributed by atoms with E-state index in [1.165, 1.54) is 7.11 Å². The summed E-state index contributed by atoms with van der Waals surface area (Å²) >= 11 is 0. The van der Waals surface area contributed by atoms with Crippen molar-refractivity contribution in [3.63, 3.8) is 0 Å². The van der Waals surface area contributed by atoms with Crippen LogP contribution in [0.2, 0.25) is 0 Å². The van der Waals surface area contributed by atoms with Crippen molar-refractivity contribution in [1.29, 1.82) is 0 Å². The maximum absolute atomic E-state index is 12.5. The standard InChI is InChI=1S/C20H24N2O5S/c1-15-3-5-17(6-4-15)28(23,24)27-14-19-7-9-20(10-8-19,26-13-19)16-11-21-18(25-2)22-12-16/h3-6,11-12H,7-10,13-14H2,1-2H3. The second-order valence-electron chi connectivity index (χ2n) is 7.77. The first-order chi connectivity index (χ1) is 13.4. The lowest BCUT2D eigenvalue weighted by atomic mass is 9.65. The van der Waals surface area contributed by atoms with Gasteiger partial charge in [0.05, 0.1) is 30.8 Å². The number of nitrogens with zero attached hydrogens (tertiary/aromatic N) is 2. The Morgan fingerprint density at radius 2 is 1.71 bits per heavy atom. The summed E-state index contributed by atoms with van der Waals surface area (Å²) in [5, 5.41) is 0. The van der Waals surface area contributed by atoms with Crippen LogP contribution in [0.4, 0.5) is 0 Å². The molecule has 0 atom stereocenters. The van der Waals surface area contributed by atoms with E-state index < -0.39 is 15.7 Å². The number of aromatic nitrogens is 2. The zero-order valence-corrected chi connectivity index (χ0v) is 16.9. The fraction of sp³-hybridized carbons (Fsp3) is 0.500. The zero-order valence-electron chi connectivity index (χ0n) is 16.1. The fourth-order valence-electron chi connectivity index (χ4n) is 3.95. The van der Waals surface area contributed by atoms with Crippen LogP contribution in [0.25, 0.3) is 0 Å². The first kappa shape index (κ1) is 19.3. The van der Waals surface area contributed by atoms with E-state index in [2.05, 4.69) is 9.97 Å². The average Bonchev–Trinajstić information content (AvgIpc) is 2.74. The predicted octanol–water partition coefficient (Wildman–Crippen LogP) is 2.99.